The lowest BCUT2D eigenvalue weighted by Gasteiger charge is -2.15. The van der Waals surface area contributed by atoms with Gasteiger partial charge < -0.3 is 16.9 Å². The van der Waals surface area contributed by atoms with Crippen LogP contribution in [0.4, 0.5) is 34.9 Å². The van der Waals surface area contributed by atoms with Gasteiger partial charge in [-0.15, -0.1) is 0 Å². The topological polar surface area (TPSA) is 120 Å². The highest BCUT2D eigenvalue weighted by molar-refractivity contribution is 6.08. The summed E-state index contributed by atoms with van der Waals surface area (Å²) < 4.78 is 54.0. The van der Waals surface area contributed by atoms with Crippen molar-refractivity contribution in [1.29, 1.82) is 0 Å². The van der Waals surface area contributed by atoms with Crippen LogP contribution in [0.2, 0.25) is 0 Å². The number of fused-ring (bicyclic) bond motifs is 1. The van der Waals surface area contributed by atoms with Gasteiger partial charge in [0.15, 0.2) is 0 Å². The van der Waals surface area contributed by atoms with E-state index in [1.165, 1.54) is 12.1 Å². The number of nitrogens with zero attached hydrogens (tertiary/aromatic N) is 5. The zero-order chi connectivity index (χ0) is 23.6. The molecule has 2 aromatic heterocycles. The Kier molecular flexibility index (Phi) is 5.82. The van der Waals surface area contributed by atoms with E-state index in [0.29, 0.717) is 12.2 Å². The number of aromatic nitrogens is 4. The maximum Gasteiger partial charge on any atom is 0.394 e. The number of hydrogen-bond donors (Lipinski definition) is 3. The molecule has 4 aromatic rings. The number of hydrazone groups is 1. The summed E-state index contributed by atoms with van der Waals surface area (Å²) in [6.45, 7) is 0.369. The highest BCUT2D eigenvalue weighted by Gasteiger charge is 2.32. The van der Waals surface area contributed by atoms with Crippen molar-refractivity contribution in [3.63, 3.8) is 0 Å². The highest BCUT2D eigenvalue weighted by atomic mass is 19.4. The third-order valence-corrected chi connectivity index (χ3v) is 4.81. The molecule has 0 aliphatic rings. The largest absolute Gasteiger partial charge is 0.394 e. The van der Waals surface area contributed by atoms with Crippen LogP contribution in [0.25, 0.3) is 10.9 Å². The van der Waals surface area contributed by atoms with E-state index in [1.54, 1.807) is 41.2 Å². The summed E-state index contributed by atoms with van der Waals surface area (Å²) in [5.41, 5.74) is 7.25. The second-order valence-corrected chi connectivity index (χ2v) is 7.18. The molecule has 0 radical (unpaired) electrons. The van der Waals surface area contributed by atoms with Crippen LogP contribution < -0.4 is 16.9 Å². The van der Waals surface area contributed by atoms with Crippen molar-refractivity contribution >= 4 is 33.9 Å². The van der Waals surface area contributed by atoms with Gasteiger partial charge in [-0.1, -0.05) is 12.1 Å². The molecule has 0 amide bonds. The molecule has 12 heteroatoms. The van der Waals surface area contributed by atoms with E-state index in [0.717, 1.165) is 22.8 Å². The molecule has 8 nitrogen and oxygen atoms in total. The van der Waals surface area contributed by atoms with E-state index in [-0.39, 0.29) is 23.0 Å². The minimum Gasteiger partial charge on any atom is -0.383 e. The van der Waals surface area contributed by atoms with Crippen molar-refractivity contribution in [3.8, 4) is 0 Å². The van der Waals surface area contributed by atoms with E-state index in [2.05, 4.69) is 25.5 Å². The first-order valence-electron chi connectivity index (χ1n) is 9.65. The number of alkyl halides is 3. The molecule has 0 fully saturated rings. The van der Waals surface area contributed by atoms with Crippen molar-refractivity contribution in [1.82, 2.24) is 19.7 Å². The van der Waals surface area contributed by atoms with Crippen LogP contribution in [0.15, 0.2) is 60.1 Å². The van der Waals surface area contributed by atoms with Crippen molar-refractivity contribution in [2.24, 2.45) is 10.9 Å². The van der Waals surface area contributed by atoms with Crippen LogP contribution in [0.1, 0.15) is 17.5 Å². The van der Waals surface area contributed by atoms with Gasteiger partial charge in [-0.2, -0.15) is 23.4 Å². The SMILES string of the molecule is NN=C(CC(F)(F)F)c1c(N)ncnc1Nc1ccc2c(cnn2Cc2cccc(F)c2)c1. The summed E-state index contributed by atoms with van der Waals surface area (Å²) in [4.78, 5) is 7.78. The Morgan fingerprint density at radius 1 is 1.12 bits per heavy atom. The summed E-state index contributed by atoms with van der Waals surface area (Å²) in [7, 11) is 0. The van der Waals surface area contributed by atoms with Crippen molar-refractivity contribution in [2.45, 2.75) is 19.1 Å². The van der Waals surface area contributed by atoms with Gasteiger partial charge in [0.05, 0.1) is 36.0 Å². The molecule has 5 N–H and O–H groups in total. The molecule has 0 saturated heterocycles. The Balaban J connectivity index is 1.63. The summed E-state index contributed by atoms with van der Waals surface area (Å²) in [6, 6.07) is 11.5. The van der Waals surface area contributed by atoms with Gasteiger partial charge in [0, 0.05) is 11.1 Å². The first-order chi connectivity index (χ1) is 15.7. The van der Waals surface area contributed by atoms with Crippen LogP contribution in [-0.4, -0.2) is 31.6 Å². The van der Waals surface area contributed by atoms with Crippen LogP contribution in [0, 0.1) is 5.82 Å². The fourth-order valence-electron chi connectivity index (χ4n) is 3.40. The molecule has 0 atom stereocenters. The van der Waals surface area contributed by atoms with Crippen LogP contribution in [0.5, 0.6) is 0 Å². The van der Waals surface area contributed by atoms with Gasteiger partial charge in [-0.05, 0) is 35.9 Å². The van der Waals surface area contributed by atoms with Gasteiger partial charge in [-0.25, -0.2) is 14.4 Å². The van der Waals surface area contributed by atoms with Gasteiger partial charge in [-0.3, -0.25) is 4.68 Å². The van der Waals surface area contributed by atoms with Crippen molar-refractivity contribution in [3.05, 3.63) is 71.9 Å². The van der Waals surface area contributed by atoms with Crippen LogP contribution in [0.3, 0.4) is 0 Å². The Hall–Kier alpha value is -4.22. The molecule has 0 aliphatic carbocycles. The number of hydrogen-bond acceptors (Lipinski definition) is 7. The average Bonchev–Trinajstić information content (AvgIpc) is 3.14. The minimum atomic E-state index is -4.55. The number of nitrogens with two attached hydrogens (primary N) is 2. The van der Waals surface area contributed by atoms with Gasteiger partial charge >= 0.3 is 6.18 Å². The molecule has 0 bridgehead atoms. The standard InChI is InChI=1S/C21H18F4N8/c22-14-3-1-2-12(6-14)10-33-17-5-4-15(7-13(17)9-30-33)31-20-18(19(26)28-11-29-20)16(32-27)8-21(23,24)25/h1-7,9,11H,8,10,27H2,(H3,26,28,29,31). The number of anilines is 3. The maximum atomic E-state index is 13.5. The summed E-state index contributed by atoms with van der Waals surface area (Å²) in [5.74, 6) is 4.72. The highest BCUT2D eigenvalue weighted by Crippen LogP contribution is 2.29. The zero-order valence-corrected chi connectivity index (χ0v) is 17.0. The molecule has 2 aromatic carbocycles. The smallest absolute Gasteiger partial charge is 0.383 e. The van der Waals surface area contributed by atoms with Crippen LogP contribution >= 0.6 is 0 Å². The Bertz CT molecular complexity index is 1330. The number of halogens is 4. The Labute approximate surface area is 184 Å². The number of nitrogens with one attached hydrogen (secondary N) is 1. The van der Waals surface area contributed by atoms with E-state index in [4.69, 9.17) is 11.6 Å². The monoisotopic (exact) mass is 458 g/mol. The van der Waals surface area contributed by atoms with Crippen LogP contribution in [-0.2, 0) is 6.54 Å². The predicted molar refractivity (Wildman–Crippen MR) is 116 cm³/mol. The lowest BCUT2D eigenvalue weighted by atomic mass is 10.1. The second-order valence-electron chi connectivity index (χ2n) is 7.18. The third kappa shape index (κ3) is 5.00. The number of rotatable bonds is 6. The van der Waals surface area contributed by atoms with E-state index < -0.39 is 18.3 Å². The summed E-state index contributed by atoms with van der Waals surface area (Å²) >= 11 is 0. The average molecular weight is 458 g/mol. The van der Waals surface area contributed by atoms with Gasteiger partial charge in [0.2, 0.25) is 0 Å². The molecule has 0 aliphatic heterocycles. The fraction of sp³-hybridized carbons (Fsp3) is 0.143. The lowest BCUT2D eigenvalue weighted by Crippen LogP contribution is -2.20. The van der Waals surface area contributed by atoms with E-state index in [1.807, 2.05) is 0 Å². The quantitative estimate of drug-likeness (QED) is 0.174. The van der Waals surface area contributed by atoms with E-state index >= 15 is 0 Å². The third-order valence-electron chi connectivity index (χ3n) is 4.81. The molecule has 33 heavy (non-hydrogen) atoms. The fourth-order valence-corrected chi connectivity index (χ4v) is 3.40. The minimum absolute atomic E-state index is 0.0300. The Morgan fingerprint density at radius 2 is 1.94 bits per heavy atom. The lowest BCUT2D eigenvalue weighted by molar-refractivity contribution is -0.121. The van der Waals surface area contributed by atoms with Crippen molar-refractivity contribution < 1.29 is 17.6 Å². The Morgan fingerprint density at radius 3 is 2.67 bits per heavy atom. The van der Waals surface area contributed by atoms with Gasteiger partial charge in [0.1, 0.15) is 23.8 Å². The molecule has 0 saturated carbocycles. The van der Waals surface area contributed by atoms with E-state index in [9.17, 15) is 17.6 Å². The van der Waals surface area contributed by atoms with Gasteiger partial charge in [0.25, 0.3) is 0 Å². The normalized spacial score (nSPS) is 12.3. The molecule has 0 spiro atoms. The zero-order valence-electron chi connectivity index (χ0n) is 17.0. The summed E-state index contributed by atoms with van der Waals surface area (Å²) in [6.07, 6.45) is -3.18. The molecular weight excluding hydrogens is 440 g/mol. The molecular formula is C21H18F4N8. The second kappa shape index (κ2) is 8.73. The van der Waals surface area contributed by atoms with Crippen molar-refractivity contribution in [2.75, 3.05) is 11.1 Å². The number of nitrogen functional groups attached to an aromatic ring is 1. The molecule has 0 unspecified atom stereocenters. The number of benzene rings is 2. The first kappa shape index (κ1) is 22.0. The summed E-state index contributed by atoms with van der Waals surface area (Å²) in [5, 5.41) is 11.3. The predicted octanol–water partition coefficient (Wildman–Crippen LogP) is 3.95. The molecule has 170 valence electrons. The molecule has 4 rings (SSSR count). The molecule has 2 heterocycles. The first-order valence-corrected chi connectivity index (χ1v) is 9.65. The maximum absolute atomic E-state index is 13.5.